The van der Waals surface area contributed by atoms with Gasteiger partial charge in [-0.15, -0.1) is 0 Å². The predicted octanol–water partition coefficient (Wildman–Crippen LogP) is 1.54. The van der Waals surface area contributed by atoms with Crippen LogP contribution in [0.15, 0.2) is 12.1 Å². The highest BCUT2D eigenvalue weighted by molar-refractivity contribution is 8.14. The minimum atomic E-state index is -0.849. The van der Waals surface area contributed by atoms with Crippen molar-refractivity contribution in [2.24, 2.45) is 0 Å². The van der Waals surface area contributed by atoms with Gasteiger partial charge in [0.1, 0.15) is 0 Å². The minimum Gasteiger partial charge on any atom is -0.452 e. The van der Waals surface area contributed by atoms with E-state index in [9.17, 15) is 19.2 Å². The molecule has 1 saturated heterocycles. The van der Waals surface area contributed by atoms with Crippen LogP contribution in [0.25, 0.3) is 0 Å². The molecule has 134 valence electrons. The first-order chi connectivity index (χ1) is 11.8. The van der Waals surface area contributed by atoms with E-state index in [0.717, 1.165) is 16.7 Å². The maximum absolute atomic E-state index is 11.9. The van der Waals surface area contributed by atoms with Crippen LogP contribution in [0.3, 0.4) is 0 Å². The molecule has 0 spiro atoms. The van der Waals surface area contributed by atoms with E-state index in [1.165, 1.54) is 12.1 Å². The fourth-order valence-electron chi connectivity index (χ4n) is 1.92. The molecule has 0 aromatic heterocycles. The van der Waals surface area contributed by atoms with Crippen molar-refractivity contribution in [3.05, 3.63) is 27.7 Å². The molecule has 0 atom stereocenters. The highest BCUT2D eigenvalue weighted by Crippen LogP contribution is 2.28. The summed E-state index contributed by atoms with van der Waals surface area (Å²) < 4.78 is 4.85. The minimum absolute atomic E-state index is 0.0000306. The van der Waals surface area contributed by atoms with Crippen molar-refractivity contribution in [3.8, 4) is 0 Å². The number of halogens is 2. The zero-order valence-electron chi connectivity index (χ0n) is 12.7. The number of rotatable bonds is 6. The molecule has 1 aromatic rings. The molecule has 25 heavy (non-hydrogen) atoms. The topological polar surface area (TPSA) is 119 Å². The number of amides is 3. The summed E-state index contributed by atoms with van der Waals surface area (Å²) in [5.41, 5.74) is 5.63. The van der Waals surface area contributed by atoms with Crippen molar-refractivity contribution in [2.75, 3.05) is 31.2 Å². The highest BCUT2D eigenvalue weighted by atomic mass is 35.5. The number of nitrogens with two attached hydrogens (primary N) is 1. The van der Waals surface area contributed by atoms with Gasteiger partial charge in [-0.2, -0.15) is 0 Å². The van der Waals surface area contributed by atoms with Crippen LogP contribution in [-0.2, 0) is 14.3 Å². The predicted molar refractivity (Wildman–Crippen MR) is 93.7 cm³/mol. The first kappa shape index (κ1) is 19.4. The van der Waals surface area contributed by atoms with Crippen molar-refractivity contribution in [3.63, 3.8) is 0 Å². The molecule has 2 rings (SSSR count). The first-order valence-electron chi connectivity index (χ1n) is 6.95. The number of benzene rings is 1. The second-order valence-corrected chi connectivity index (χ2v) is 6.65. The second-order valence-electron chi connectivity index (χ2n) is 4.87. The molecule has 1 aromatic carbocycles. The van der Waals surface area contributed by atoms with Crippen LogP contribution < -0.4 is 11.1 Å². The Morgan fingerprint density at radius 3 is 2.68 bits per heavy atom. The van der Waals surface area contributed by atoms with Crippen LogP contribution in [-0.4, -0.2) is 53.4 Å². The van der Waals surface area contributed by atoms with E-state index in [2.05, 4.69) is 5.32 Å². The number of hydrogen-bond donors (Lipinski definition) is 2. The third-order valence-electron chi connectivity index (χ3n) is 3.15. The largest absolute Gasteiger partial charge is 0.452 e. The number of carbonyl (C=O) groups excluding carboxylic acids is 4. The van der Waals surface area contributed by atoms with Crippen LogP contribution in [0.1, 0.15) is 10.4 Å². The third kappa shape index (κ3) is 5.00. The Balaban J connectivity index is 1.79. The van der Waals surface area contributed by atoms with Crippen molar-refractivity contribution < 1.29 is 23.9 Å². The van der Waals surface area contributed by atoms with Gasteiger partial charge in [0.05, 0.1) is 22.0 Å². The van der Waals surface area contributed by atoms with Gasteiger partial charge in [0.15, 0.2) is 6.61 Å². The SMILES string of the molecule is Nc1c(Cl)cc(Cl)cc1C(=O)OCC(=O)NCCN1C(=O)CSC1=O. The third-order valence-corrected chi connectivity index (χ3v) is 4.54. The van der Waals surface area contributed by atoms with E-state index in [-0.39, 0.29) is 51.3 Å². The maximum Gasteiger partial charge on any atom is 0.340 e. The number of nitrogens with one attached hydrogen (secondary N) is 1. The van der Waals surface area contributed by atoms with Crippen LogP contribution in [0.4, 0.5) is 10.5 Å². The lowest BCUT2D eigenvalue weighted by Crippen LogP contribution is -2.38. The van der Waals surface area contributed by atoms with Crippen molar-refractivity contribution >= 4 is 63.7 Å². The molecule has 11 heteroatoms. The standard InChI is InChI=1S/C14H13Cl2N3O5S/c15-7-3-8(12(17)9(16)4-7)13(22)24-5-10(20)18-1-2-19-11(21)6-25-14(19)23/h3-4H,1-2,5-6,17H2,(H,18,20). The molecule has 1 aliphatic rings. The lowest BCUT2D eigenvalue weighted by molar-refractivity contribution is -0.126. The number of nitrogen functional groups attached to an aromatic ring is 1. The molecular formula is C14H13Cl2N3O5S. The molecule has 0 radical (unpaired) electrons. The molecule has 0 saturated carbocycles. The number of nitrogens with zero attached hydrogens (tertiary/aromatic N) is 1. The summed E-state index contributed by atoms with van der Waals surface area (Å²) in [6, 6.07) is 2.66. The van der Waals surface area contributed by atoms with Crippen molar-refractivity contribution in [1.29, 1.82) is 0 Å². The van der Waals surface area contributed by atoms with Gasteiger partial charge in [0, 0.05) is 18.1 Å². The average molecular weight is 406 g/mol. The van der Waals surface area contributed by atoms with E-state index in [1.54, 1.807) is 0 Å². The van der Waals surface area contributed by atoms with E-state index in [1.807, 2.05) is 0 Å². The molecule has 8 nitrogen and oxygen atoms in total. The fourth-order valence-corrected chi connectivity index (χ4v) is 3.16. The summed E-state index contributed by atoms with van der Waals surface area (Å²) in [5.74, 6) is -1.64. The van der Waals surface area contributed by atoms with Gasteiger partial charge in [-0.25, -0.2) is 4.79 Å². The van der Waals surface area contributed by atoms with E-state index >= 15 is 0 Å². The van der Waals surface area contributed by atoms with Crippen LogP contribution in [0, 0.1) is 0 Å². The lowest BCUT2D eigenvalue weighted by atomic mass is 10.2. The number of hydrogen-bond acceptors (Lipinski definition) is 7. The number of imide groups is 1. The normalized spacial score (nSPS) is 13.9. The van der Waals surface area contributed by atoms with Gasteiger partial charge in [-0.05, 0) is 12.1 Å². The van der Waals surface area contributed by atoms with Gasteiger partial charge >= 0.3 is 5.97 Å². The summed E-state index contributed by atoms with van der Waals surface area (Å²) in [6.45, 7) is -0.445. The zero-order chi connectivity index (χ0) is 18.6. The molecule has 1 fully saturated rings. The summed E-state index contributed by atoms with van der Waals surface area (Å²) in [4.78, 5) is 47.4. The molecule has 0 unspecified atom stereocenters. The Hall–Kier alpha value is -1.97. The zero-order valence-corrected chi connectivity index (χ0v) is 15.0. The Kier molecular flexibility index (Phi) is 6.51. The van der Waals surface area contributed by atoms with Crippen LogP contribution in [0.2, 0.25) is 10.0 Å². The smallest absolute Gasteiger partial charge is 0.340 e. The molecular weight excluding hydrogens is 393 g/mol. The number of esters is 1. The van der Waals surface area contributed by atoms with E-state index < -0.39 is 18.5 Å². The maximum atomic E-state index is 11.9. The quantitative estimate of drug-likeness (QED) is 0.543. The molecule has 1 aliphatic heterocycles. The number of carbonyl (C=O) groups is 4. The Bertz CT molecular complexity index is 727. The summed E-state index contributed by atoms with van der Waals surface area (Å²) in [6.07, 6.45) is 0. The van der Waals surface area contributed by atoms with Gasteiger partial charge < -0.3 is 15.8 Å². The Labute approximate surface area is 156 Å². The molecule has 0 aliphatic carbocycles. The summed E-state index contributed by atoms with van der Waals surface area (Å²) in [5, 5.41) is 2.39. The summed E-state index contributed by atoms with van der Waals surface area (Å²) >= 11 is 12.5. The second kappa shape index (κ2) is 8.41. The molecule has 3 N–H and O–H groups in total. The van der Waals surface area contributed by atoms with Crippen molar-refractivity contribution in [1.82, 2.24) is 10.2 Å². The number of anilines is 1. The Morgan fingerprint density at radius 1 is 1.32 bits per heavy atom. The van der Waals surface area contributed by atoms with Crippen molar-refractivity contribution in [2.45, 2.75) is 0 Å². The van der Waals surface area contributed by atoms with Gasteiger partial charge in [-0.3, -0.25) is 19.3 Å². The lowest BCUT2D eigenvalue weighted by Gasteiger charge is -2.13. The van der Waals surface area contributed by atoms with E-state index in [0.29, 0.717) is 0 Å². The molecule has 3 amide bonds. The average Bonchev–Trinajstić information content (AvgIpc) is 2.87. The molecule has 0 bridgehead atoms. The fraction of sp³-hybridized carbons (Fsp3) is 0.286. The number of ether oxygens (including phenoxy) is 1. The number of thioether (sulfide) groups is 1. The monoisotopic (exact) mass is 405 g/mol. The molecule has 1 heterocycles. The van der Waals surface area contributed by atoms with Gasteiger partial charge in [0.25, 0.3) is 11.1 Å². The van der Waals surface area contributed by atoms with Crippen LogP contribution in [0.5, 0.6) is 0 Å². The Morgan fingerprint density at radius 2 is 2.04 bits per heavy atom. The van der Waals surface area contributed by atoms with Crippen LogP contribution >= 0.6 is 35.0 Å². The van der Waals surface area contributed by atoms with Gasteiger partial charge in [-0.1, -0.05) is 35.0 Å². The summed E-state index contributed by atoms with van der Waals surface area (Å²) in [7, 11) is 0. The first-order valence-corrected chi connectivity index (χ1v) is 8.69. The van der Waals surface area contributed by atoms with E-state index in [4.69, 9.17) is 33.7 Å². The highest BCUT2D eigenvalue weighted by Gasteiger charge is 2.29. The van der Waals surface area contributed by atoms with Gasteiger partial charge in [0.2, 0.25) is 5.91 Å².